The molecule has 0 N–H and O–H groups in total. The van der Waals surface area contributed by atoms with E-state index in [1.807, 2.05) is 23.1 Å². The van der Waals surface area contributed by atoms with Gasteiger partial charge in [0, 0.05) is 32.5 Å². The van der Waals surface area contributed by atoms with Crippen LogP contribution >= 0.6 is 0 Å². The number of ether oxygens (including phenoxy) is 1. The zero-order valence-corrected chi connectivity index (χ0v) is 16.1. The van der Waals surface area contributed by atoms with E-state index in [1.165, 1.54) is 17.7 Å². The van der Waals surface area contributed by atoms with Crippen molar-refractivity contribution >= 4 is 5.91 Å². The summed E-state index contributed by atoms with van der Waals surface area (Å²) in [6, 6.07) is 16.5. The molecule has 0 aliphatic carbocycles. The van der Waals surface area contributed by atoms with Crippen LogP contribution in [0.4, 0.5) is 4.39 Å². The van der Waals surface area contributed by atoms with Gasteiger partial charge >= 0.3 is 0 Å². The van der Waals surface area contributed by atoms with Gasteiger partial charge in [-0.2, -0.15) is 0 Å². The molecule has 2 aromatic carbocycles. The molecule has 28 heavy (non-hydrogen) atoms. The topological polar surface area (TPSA) is 32.8 Å². The number of likely N-dealkylation sites (tertiary alicyclic amines) is 2. The molecule has 2 fully saturated rings. The standard InChI is InChI=1S/C23H27FN2O2/c24-19-8-10-20(11-9-19)28-21-12-15-25(16-13-21)23(27)22-7-4-14-26(22)17-18-5-2-1-3-6-18/h1-3,5-6,8-11,21-22H,4,7,12-17H2. The van der Waals surface area contributed by atoms with Gasteiger partial charge in [0.1, 0.15) is 17.7 Å². The van der Waals surface area contributed by atoms with Crippen LogP contribution in [0.25, 0.3) is 0 Å². The molecule has 2 heterocycles. The van der Waals surface area contributed by atoms with Crippen molar-refractivity contribution in [1.82, 2.24) is 9.80 Å². The van der Waals surface area contributed by atoms with Crippen molar-refractivity contribution in [1.29, 1.82) is 0 Å². The molecule has 2 aromatic rings. The number of halogens is 1. The van der Waals surface area contributed by atoms with Gasteiger partial charge in [0.05, 0.1) is 6.04 Å². The lowest BCUT2D eigenvalue weighted by Crippen LogP contribution is -2.49. The van der Waals surface area contributed by atoms with Gasteiger partial charge in [-0.15, -0.1) is 0 Å². The predicted octanol–water partition coefficient (Wildman–Crippen LogP) is 3.86. The molecular formula is C23H27FN2O2. The van der Waals surface area contributed by atoms with Crippen molar-refractivity contribution in [3.05, 3.63) is 66.0 Å². The average molecular weight is 382 g/mol. The summed E-state index contributed by atoms with van der Waals surface area (Å²) >= 11 is 0. The van der Waals surface area contributed by atoms with Crippen LogP contribution in [0.5, 0.6) is 5.75 Å². The number of rotatable bonds is 5. The van der Waals surface area contributed by atoms with Crippen molar-refractivity contribution in [2.75, 3.05) is 19.6 Å². The van der Waals surface area contributed by atoms with E-state index in [2.05, 4.69) is 17.0 Å². The van der Waals surface area contributed by atoms with Crippen LogP contribution in [-0.2, 0) is 11.3 Å². The predicted molar refractivity (Wildman–Crippen MR) is 107 cm³/mol. The lowest BCUT2D eigenvalue weighted by molar-refractivity contribution is -0.138. The Morgan fingerprint density at radius 2 is 1.68 bits per heavy atom. The summed E-state index contributed by atoms with van der Waals surface area (Å²) in [5.74, 6) is 0.689. The van der Waals surface area contributed by atoms with Gasteiger partial charge in [0.2, 0.25) is 5.91 Å². The zero-order chi connectivity index (χ0) is 19.3. The lowest BCUT2D eigenvalue weighted by atomic mass is 10.1. The highest BCUT2D eigenvalue weighted by Crippen LogP contribution is 2.25. The van der Waals surface area contributed by atoms with Gasteiger partial charge in [-0.3, -0.25) is 9.69 Å². The molecule has 2 saturated heterocycles. The molecule has 1 unspecified atom stereocenters. The van der Waals surface area contributed by atoms with Gasteiger partial charge in [0.15, 0.2) is 0 Å². The molecule has 4 rings (SSSR count). The summed E-state index contributed by atoms with van der Waals surface area (Å²) in [5, 5.41) is 0. The molecule has 4 nitrogen and oxygen atoms in total. The summed E-state index contributed by atoms with van der Waals surface area (Å²) < 4.78 is 19.0. The van der Waals surface area contributed by atoms with Gasteiger partial charge in [0.25, 0.3) is 0 Å². The minimum Gasteiger partial charge on any atom is -0.490 e. The van der Waals surface area contributed by atoms with Crippen molar-refractivity contribution in [3.8, 4) is 5.75 Å². The first kappa shape index (κ1) is 18.9. The first-order valence-corrected chi connectivity index (χ1v) is 10.2. The minimum absolute atomic E-state index is 0.00484. The van der Waals surface area contributed by atoms with Crippen LogP contribution in [0, 0.1) is 5.82 Å². The highest BCUT2D eigenvalue weighted by molar-refractivity contribution is 5.82. The van der Waals surface area contributed by atoms with E-state index in [-0.39, 0.29) is 23.9 Å². The highest BCUT2D eigenvalue weighted by atomic mass is 19.1. The Balaban J connectivity index is 1.30. The second kappa shape index (κ2) is 8.74. The smallest absolute Gasteiger partial charge is 0.239 e. The fourth-order valence-corrected chi connectivity index (χ4v) is 4.22. The second-order valence-corrected chi connectivity index (χ2v) is 7.71. The number of hydrogen-bond donors (Lipinski definition) is 0. The highest BCUT2D eigenvalue weighted by Gasteiger charge is 2.35. The Morgan fingerprint density at radius 1 is 0.964 bits per heavy atom. The number of hydrogen-bond acceptors (Lipinski definition) is 3. The Hall–Kier alpha value is -2.40. The largest absolute Gasteiger partial charge is 0.490 e. The molecule has 0 radical (unpaired) electrons. The summed E-state index contributed by atoms with van der Waals surface area (Å²) in [7, 11) is 0. The third-order valence-corrected chi connectivity index (χ3v) is 5.75. The Kier molecular flexibility index (Phi) is 5.91. The van der Waals surface area contributed by atoms with Gasteiger partial charge in [-0.25, -0.2) is 4.39 Å². The summed E-state index contributed by atoms with van der Waals surface area (Å²) in [6.45, 7) is 3.26. The first-order chi connectivity index (χ1) is 13.7. The molecule has 2 aliphatic rings. The normalized spacial score (nSPS) is 21.0. The number of carbonyl (C=O) groups excluding carboxylic acids is 1. The Bertz CT molecular complexity index is 773. The van der Waals surface area contributed by atoms with E-state index in [1.54, 1.807) is 12.1 Å². The maximum atomic E-state index is 13.1. The number of amides is 1. The van der Waals surface area contributed by atoms with Gasteiger partial charge in [-0.1, -0.05) is 30.3 Å². The van der Waals surface area contributed by atoms with Crippen molar-refractivity contribution in [2.45, 2.75) is 44.4 Å². The number of carbonyl (C=O) groups is 1. The molecule has 0 saturated carbocycles. The molecule has 148 valence electrons. The fraction of sp³-hybridized carbons (Fsp3) is 0.435. The molecule has 1 amide bonds. The quantitative estimate of drug-likeness (QED) is 0.787. The molecule has 1 atom stereocenters. The molecule has 0 spiro atoms. The van der Waals surface area contributed by atoms with Crippen molar-refractivity contribution in [3.63, 3.8) is 0 Å². The van der Waals surface area contributed by atoms with E-state index >= 15 is 0 Å². The van der Waals surface area contributed by atoms with E-state index in [0.29, 0.717) is 5.75 Å². The second-order valence-electron chi connectivity index (χ2n) is 7.71. The summed E-state index contributed by atoms with van der Waals surface area (Å²) in [4.78, 5) is 17.4. The van der Waals surface area contributed by atoms with E-state index < -0.39 is 0 Å². The van der Waals surface area contributed by atoms with Gasteiger partial charge in [-0.05, 0) is 49.2 Å². The first-order valence-electron chi connectivity index (χ1n) is 10.2. The van der Waals surface area contributed by atoms with Crippen LogP contribution < -0.4 is 4.74 Å². The summed E-state index contributed by atoms with van der Waals surface area (Å²) in [6.07, 6.45) is 3.73. The molecule has 2 aliphatic heterocycles. The molecular weight excluding hydrogens is 355 g/mol. The average Bonchev–Trinajstić information content (AvgIpc) is 3.18. The zero-order valence-electron chi connectivity index (χ0n) is 16.1. The minimum atomic E-state index is -0.260. The van der Waals surface area contributed by atoms with Crippen LogP contribution in [0.15, 0.2) is 54.6 Å². The van der Waals surface area contributed by atoms with Crippen LogP contribution in [0.1, 0.15) is 31.2 Å². The number of benzene rings is 2. The van der Waals surface area contributed by atoms with E-state index in [0.717, 1.165) is 51.9 Å². The lowest BCUT2D eigenvalue weighted by Gasteiger charge is -2.35. The summed E-state index contributed by atoms with van der Waals surface area (Å²) in [5.41, 5.74) is 1.26. The third kappa shape index (κ3) is 4.53. The Morgan fingerprint density at radius 3 is 2.39 bits per heavy atom. The van der Waals surface area contributed by atoms with Crippen molar-refractivity contribution < 1.29 is 13.9 Å². The fourth-order valence-electron chi connectivity index (χ4n) is 4.22. The van der Waals surface area contributed by atoms with Gasteiger partial charge < -0.3 is 9.64 Å². The maximum Gasteiger partial charge on any atom is 0.239 e. The SMILES string of the molecule is O=C(C1CCCN1Cc1ccccc1)N1CCC(Oc2ccc(F)cc2)CC1. The number of nitrogens with zero attached hydrogens (tertiary/aromatic N) is 2. The molecule has 0 aromatic heterocycles. The Labute approximate surface area is 165 Å². The monoisotopic (exact) mass is 382 g/mol. The van der Waals surface area contributed by atoms with E-state index in [4.69, 9.17) is 4.74 Å². The van der Waals surface area contributed by atoms with Crippen LogP contribution in [-0.4, -0.2) is 47.5 Å². The van der Waals surface area contributed by atoms with Crippen LogP contribution in [0.3, 0.4) is 0 Å². The number of piperidine rings is 1. The van der Waals surface area contributed by atoms with Crippen LogP contribution in [0.2, 0.25) is 0 Å². The van der Waals surface area contributed by atoms with E-state index in [9.17, 15) is 9.18 Å². The molecule has 0 bridgehead atoms. The third-order valence-electron chi connectivity index (χ3n) is 5.75. The molecule has 5 heteroatoms. The van der Waals surface area contributed by atoms with Crippen molar-refractivity contribution in [2.24, 2.45) is 0 Å². The maximum absolute atomic E-state index is 13.1.